The van der Waals surface area contributed by atoms with Crippen molar-refractivity contribution in [2.45, 2.75) is 45.7 Å². The van der Waals surface area contributed by atoms with Crippen LogP contribution in [-0.2, 0) is 13.0 Å². The van der Waals surface area contributed by atoms with Crippen LogP contribution in [0.25, 0.3) is 0 Å². The normalized spacial score (nSPS) is 22.4. The summed E-state index contributed by atoms with van der Waals surface area (Å²) in [5, 5.41) is 3.56. The summed E-state index contributed by atoms with van der Waals surface area (Å²) in [6.07, 6.45) is 3.65. The molecule has 18 heavy (non-hydrogen) atoms. The highest BCUT2D eigenvalue weighted by molar-refractivity contribution is 5.22. The van der Waals surface area contributed by atoms with Gasteiger partial charge in [0.15, 0.2) is 0 Å². The van der Waals surface area contributed by atoms with Crippen LogP contribution in [-0.4, -0.2) is 30.6 Å². The summed E-state index contributed by atoms with van der Waals surface area (Å²) in [4.78, 5) is 2.60. The zero-order chi connectivity index (χ0) is 12.8. The van der Waals surface area contributed by atoms with Crippen molar-refractivity contribution < 1.29 is 0 Å². The van der Waals surface area contributed by atoms with Gasteiger partial charge in [0.1, 0.15) is 0 Å². The molecule has 0 saturated carbocycles. The van der Waals surface area contributed by atoms with E-state index in [1.165, 1.54) is 37.1 Å². The summed E-state index contributed by atoms with van der Waals surface area (Å²) in [6.45, 7) is 9.20. The third-order valence-corrected chi connectivity index (χ3v) is 3.86. The maximum absolute atomic E-state index is 3.56. The largest absolute Gasteiger partial charge is 0.314 e. The summed E-state index contributed by atoms with van der Waals surface area (Å²) in [7, 11) is 0. The first-order chi connectivity index (χ1) is 8.78. The molecule has 0 aromatic heterocycles. The Kier molecular flexibility index (Phi) is 5.21. The van der Waals surface area contributed by atoms with Gasteiger partial charge in [-0.1, -0.05) is 31.2 Å². The predicted octanol–water partition coefficient (Wildman–Crippen LogP) is 2.82. The lowest BCUT2D eigenvalue weighted by Gasteiger charge is -2.27. The van der Waals surface area contributed by atoms with E-state index in [0.717, 1.165) is 19.5 Å². The van der Waals surface area contributed by atoms with Crippen molar-refractivity contribution in [2.75, 3.05) is 19.6 Å². The topological polar surface area (TPSA) is 15.3 Å². The van der Waals surface area contributed by atoms with Crippen LogP contribution in [0.5, 0.6) is 0 Å². The first-order valence-electron chi connectivity index (χ1n) is 7.31. The van der Waals surface area contributed by atoms with Crippen molar-refractivity contribution in [2.24, 2.45) is 0 Å². The van der Waals surface area contributed by atoms with Crippen LogP contribution in [0.4, 0.5) is 0 Å². The number of nitrogens with one attached hydrogen (secondary N) is 1. The van der Waals surface area contributed by atoms with Crippen LogP contribution in [0.15, 0.2) is 24.3 Å². The second kappa shape index (κ2) is 6.91. The highest BCUT2D eigenvalue weighted by atomic mass is 15.1. The molecule has 2 rings (SSSR count). The molecule has 1 aliphatic heterocycles. The van der Waals surface area contributed by atoms with Gasteiger partial charge in [-0.05, 0) is 56.9 Å². The van der Waals surface area contributed by atoms with Gasteiger partial charge < -0.3 is 5.32 Å². The molecule has 1 unspecified atom stereocenters. The number of hydrogen-bond acceptors (Lipinski definition) is 2. The molecular formula is C16H26N2. The first-order valence-corrected chi connectivity index (χ1v) is 7.31. The van der Waals surface area contributed by atoms with E-state index in [4.69, 9.17) is 0 Å². The summed E-state index contributed by atoms with van der Waals surface area (Å²) < 4.78 is 0. The molecule has 100 valence electrons. The molecule has 0 bridgehead atoms. The third-order valence-electron chi connectivity index (χ3n) is 3.86. The smallest absolute Gasteiger partial charge is 0.0233 e. The second-order valence-electron chi connectivity index (χ2n) is 5.44. The van der Waals surface area contributed by atoms with Crippen molar-refractivity contribution >= 4 is 0 Å². The minimum Gasteiger partial charge on any atom is -0.314 e. The molecule has 0 spiro atoms. The fourth-order valence-electron chi connectivity index (χ4n) is 2.54. The Morgan fingerprint density at radius 2 is 1.89 bits per heavy atom. The van der Waals surface area contributed by atoms with Gasteiger partial charge in [0, 0.05) is 12.6 Å². The van der Waals surface area contributed by atoms with Gasteiger partial charge in [-0.25, -0.2) is 0 Å². The molecule has 1 saturated heterocycles. The average molecular weight is 246 g/mol. The van der Waals surface area contributed by atoms with Crippen LogP contribution in [0.3, 0.4) is 0 Å². The molecule has 1 aromatic carbocycles. The summed E-state index contributed by atoms with van der Waals surface area (Å²) in [5.74, 6) is 0. The van der Waals surface area contributed by atoms with E-state index in [2.05, 4.69) is 48.3 Å². The molecule has 0 radical (unpaired) electrons. The van der Waals surface area contributed by atoms with Crippen molar-refractivity contribution in [3.63, 3.8) is 0 Å². The zero-order valence-electron chi connectivity index (χ0n) is 11.8. The standard InChI is InChI=1S/C16H26N2/c1-3-15-5-7-16(8-6-15)13-18-11-4-10-17-14(2)9-12-18/h5-8,14,17H,3-4,9-13H2,1-2H3. The molecule has 1 aromatic rings. The van der Waals surface area contributed by atoms with Crippen LogP contribution in [0.1, 0.15) is 37.8 Å². The number of hydrogen-bond donors (Lipinski definition) is 1. The van der Waals surface area contributed by atoms with Crippen molar-refractivity contribution in [1.29, 1.82) is 0 Å². The predicted molar refractivity (Wildman–Crippen MR) is 77.8 cm³/mol. The number of nitrogens with zero attached hydrogens (tertiary/aromatic N) is 1. The maximum atomic E-state index is 3.56. The van der Waals surface area contributed by atoms with E-state index in [-0.39, 0.29) is 0 Å². The van der Waals surface area contributed by atoms with Crippen LogP contribution >= 0.6 is 0 Å². The highest BCUT2D eigenvalue weighted by Crippen LogP contribution is 2.10. The van der Waals surface area contributed by atoms with E-state index >= 15 is 0 Å². The molecule has 1 N–H and O–H groups in total. The van der Waals surface area contributed by atoms with Gasteiger partial charge in [-0.3, -0.25) is 4.90 Å². The molecule has 1 aliphatic rings. The van der Waals surface area contributed by atoms with Crippen molar-refractivity contribution in [3.8, 4) is 0 Å². The second-order valence-corrected chi connectivity index (χ2v) is 5.44. The molecule has 1 fully saturated rings. The summed E-state index contributed by atoms with van der Waals surface area (Å²) >= 11 is 0. The Morgan fingerprint density at radius 3 is 2.61 bits per heavy atom. The number of rotatable bonds is 3. The molecular weight excluding hydrogens is 220 g/mol. The number of aryl methyl sites for hydroxylation is 1. The Morgan fingerprint density at radius 1 is 1.17 bits per heavy atom. The van der Waals surface area contributed by atoms with E-state index in [1.807, 2.05) is 0 Å². The lowest BCUT2D eigenvalue weighted by atomic mass is 10.1. The van der Waals surface area contributed by atoms with Gasteiger partial charge in [0.2, 0.25) is 0 Å². The minimum absolute atomic E-state index is 0.662. The first kappa shape index (κ1) is 13.6. The van der Waals surface area contributed by atoms with Gasteiger partial charge in [-0.15, -0.1) is 0 Å². The maximum Gasteiger partial charge on any atom is 0.0233 e. The Bertz CT molecular complexity index is 345. The lowest BCUT2D eigenvalue weighted by molar-refractivity contribution is 0.229. The Balaban J connectivity index is 1.89. The molecule has 0 amide bonds. The molecule has 2 heteroatoms. The summed E-state index contributed by atoms with van der Waals surface area (Å²) in [5.41, 5.74) is 2.89. The molecule has 1 atom stereocenters. The zero-order valence-corrected chi connectivity index (χ0v) is 11.8. The molecule has 2 nitrogen and oxygen atoms in total. The van der Waals surface area contributed by atoms with E-state index in [0.29, 0.717) is 6.04 Å². The van der Waals surface area contributed by atoms with Gasteiger partial charge in [0.25, 0.3) is 0 Å². The minimum atomic E-state index is 0.662. The lowest BCUT2D eigenvalue weighted by Crippen LogP contribution is -2.38. The molecule has 0 aliphatic carbocycles. The Hall–Kier alpha value is -0.860. The van der Waals surface area contributed by atoms with Gasteiger partial charge >= 0.3 is 0 Å². The molecule has 1 heterocycles. The van der Waals surface area contributed by atoms with Crippen LogP contribution in [0.2, 0.25) is 0 Å². The van der Waals surface area contributed by atoms with Crippen molar-refractivity contribution in [1.82, 2.24) is 10.2 Å². The van der Waals surface area contributed by atoms with Crippen molar-refractivity contribution in [3.05, 3.63) is 35.4 Å². The van der Waals surface area contributed by atoms with E-state index in [1.54, 1.807) is 0 Å². The third kappa shape index (κ3) is 4.11. The van der Waals surface area contributed by atoms with Crippen LogP contribution in [0, 0.1) is 0 Å². The summed E-state index contributed by atoms with van der Waals surface area (Å²) in [6, 6.07) is 9.78. The van der Waals surface area contributed by atoms with E-state index in [9.17, 15) is 0 Å². The fourth-order valence-corrected chi connectivity index (χ4v) is 2.54. The number of benzene rings is 1. The fraction of sp³-hybridized carbons (Fsp3) is 0.625. The van der Waals surface area contributed by atoms with Gasteiger partial charge in [-0.2, -0.15) is 0 Å². The highest BCUT2D eigenvalue weighted by Gasteiger charge is 2.11. The average Bonchev–Trinajstić information content (AvgIpc) is 2.39. The van der Waals surface area contributed by atoms with E-state index < -0.39 is 0 Å². The van der Waals surface area contributed by atoms with Crippen LogP contribution < -0.4 is 5.32 Å². The Labute approximate surface area is 111 Å². The quantitative estimate of drug-likeness (QED) is 0.882. The SMILES string of the molecule is CCc1ccc(CN2CCCNC(C)CC2)cc1. The van der Waals surface area contributed by atoms with Gasteiger partial charge in [0.05, 0.1) is 0 Å². The monoisotopic (exact) mass is 246 g/mol.